The number of rotatable bonds is 10. The van der Waals surface area contributed by atoms with Gasteiger partial charge >= 0.3 is 0 Å². The van der Waals surface area contributed by atoms with Gasteiger partial charge in [-0.3, -0.25) is 0 Å². The number of methoxy groups -OCH3 is 1. The van der Waals surface area contributed by atoms with E-state index in [1.807, 2.05) is 13.8 Å². The van der Waals surface area contributed by atoms with Crippen molar-refractivity contribution in [1.82, 2.24) is 9.97 Å². The summed E-state index contributed by atoms with van der Waals surface area (Å²) in [5.41, 5.74) is 0. The second kappa shape index (κ2) is 9.52. The van der Waals surface area contributed by atoms with Gasteiger partial charge in [0.15, 0.2) is 0 Å². The van der Waals surface area contributed by atoms with Crippen molar-refractivity contribution in [3.8, 4) is 5.88 Å². The third-order valence-corrected chi connectivity index (χ3v) is 2.20. The first-order valence-corrected chi connectivity index (χ1v) is 6.51. The first-order valence-electron chi connectivity index (χ1n) is 6.51. The zero-order chi connectivity index (χ0) is 13.9. The number of hydrogen-bond acceptors (Lipinski definition) is 6. The smallest absolute Gasteiger partial charge is 0.218 e. The second-order valence-electron chi connectivity index (χ2n) is 4.29. The summed E-state index contributed by atoms with van der Waals surface area (Å²) >= 11 is 0. The van der Waals surface area contributed by atoms with Crippen LogP contribution in [0.15, 0.2) is 12.4 Å². The Balaban J connectivity index is 2.18. The SMILES string of the molecule is COCCOCCCNc1cc(OC(C)C)ncn1. The van der Waals surface area contributed by atoms with E-state index in [-0.39, 0.29) is 6.10 Å². The fourth-order valence-electron chi connectivity index (χ4n) is 1.38. The summed E-state index contributed by atoms with van der Waals surface area (Å²) in [4.78, 5) is 8.18. The van der Waals surface area contributed by atoms with Crippen LogP contribution in [0, 0.1) is 0 Å². The van der Waals surface area contributed by atoms with Crippen molar-refractivity contribution >= 4 is 5.82 Å². The highest BCUT2D eigenvalue weighted by molar-refractivity contribution is 5.36. The Hall–Kier alpha value is -1.40. The number of hydrogen-bond donors (Lipinski definition) is 1. The molecule has 0 aliphatic rings. The van der Waals surface area contributed by atoms with Crippen molar-refractivity contribution < 1.29 is 14.2 Å². The van der Waals surface area contributed by atoms with Crippen LogP contribution in [0.5, 0.6) is 5.88 Å². The molecule has 1 aromatic rings. The van der Waals surface area contributed by atoms with Gasteiger partial charge in [0.2, 0.25) is 5.88 Å². The molecule has 0 saturated heterocycles. The Morgan fingerprint density at radius 2 is 2.05 bits per heavy atom. The summed E-state index contributed by atoms with van der Waals surface area (Å²) in [5, 5.41) is 3.21. The van der Waals surface area contributed by atoms with Crippen molar-refractivity contribution in [2.24, 2.45) is 0 Å². The van der Waals surface area contributed by atoms with E-state index in [0.717, 1.165) is 18.8 Å². The van der Waals surface area contributed by atoms with Gasteiger partial charge in [0, 0.05) is 26.3 Å². The molecule has 6 heteroatoms. The van der Waals surface area contributed by atoms with Crippen LogP contribution in [0.3, 0.4) is 0 Å². The summed E-state index contributed by atoms with van der Waals surface area (Å²) in [6.45, 7) is 6.70. The van der Waals surface area contributed by atoms with Gasteiger partial charge in [-0.1, -0.05) is 0 Å². The van der Waals surface area contributed by atoms with E-state index in [0.29, 0.717) is 25.7 Å². The van der Waals surface area contributed by atoms with E-state index in [2.05, 4.69) is 15.3 Å². The molecular weight excluding hydrogens is 246 g/mol. The highest BCUT2D eigenvalue weighted by atomic mass is 16.5. The highest BCUT2D eigenvalue weighted by Crippen LogP contribution is 2.12. The summed E-state index contributed by atoms with van der Waals surface area (Å²) < 4.78 is 15.8. The van der Waals surface area contributed by atoms with E-state index in [9.17, 15) is 0 Å². The minimum Gasteiger partial charge on any atom is -0.475 e. The maximum atomic E-state index is 5.50. The molecule has 6 nitrogen and oxygen atoms in total. The van der Waals surface area contributed by atoms with Crippen LogP contribution < -0.4 is 10.1 Å². The summed E-state index contributed by atoms with van der Waals surface area (Å²) in [5.74, 6) is 1.35. The Kier molecular flexibility index (Phi) is 7.84. The second-order valence-corrected chi connectivity index (χ2v) is 4.29. The van der Waals surface area contributed by atoms with Gasteiger partial charge in [-0.25, -0.2) is 9.97 Å². The fourth-order valence-corrected chi connectivity index (χ4v) is 1.38. The van der Waals surface area contributed by atoms with Gasteiger partial charge in [-0.05, 0) is 20.3 Å². The zero-order valence-corrected chi connectivity index (χ0v) is 11.9. The van der Waals surface area contributed by atoms with E-state index < -0.39 is 0 Å². The molecule has 0 radical (unpaired) electrons. The summed E-state index contributed by atoms with van der Waals surface area (Å²) in [6.07, 6.45) is 2.51. The van der Waals surface area contributed by atoms with Crippen LogP contribution in [0.4, 0.5) is 5.82 Å². The number of anilines is 1. The topological polar surface area (TPSA) is 65.5 Å². The molecule has 1 heterocycles. The predicted molar refractivity (Wildman–Crippen MR) is 73.6 cm³/mol. The van der Waals surface area contributed by atoms with Crippen LogP contribution in [0.1, 0.15) is 20.3 Å². The molecule has 0 amide bonds. The maximum Gasteiger partial charge on any atom is 0.218 e. The normalized spacial score (nSPS) is 10.7. The van der Waals surface area contributed by atoms with E-state index in [1.165, 1.54) is 6.33 Å². The Bertz CT molecular complexity index is 348. The van der Waals surface area contributed by atoms with E-state index in [4.69, 9.17) is 14.2 Å². The van der Waals surface area contributed by atoms with Crippen molar-refractivity contribution in [1.29, 1.82) is 0 Å². The molecule has 0 fully saturated rings. The zero-order valence-electron chi connectivity index (χ0n) is 11.9. The number of aromatic nitrogens is 2. The fraction of sp³-hybridized carbons (Fsp3) is 0.692. The predicted octanol–water partition coefficient (Wildman–Crippen LogP) is 1.73. The quantitative estimate of drug-likeness (QED) is 0.653. The third kappa shape index (κ3) is 7.58. The lowest BCUT2D eigenvalue weighted by atomic mass is 10.4. The maximum absolute atomic E-state index is 5.50. The van der Waals surface area contributed by atoms with Crippen LogP contribution in [-0.4, -0.2) is 49.5 Å². The molecule has 0 saturated carbocycles. The molecule has 1 N–H and O–H groups in total. The molecule has 108 valence electrons. The molecule has 0 aromatic carbocycles. The van der Waals surface area contributed by atoms with Crippen LogP contribution in [0.2, 0.25) is 0 Å². The van der Waals surface area contributed by atoms with Crippen molar-refractivity contribution in [2.45, 2.75) is 26.4 Å². The summed E-state index contributed by atoms with van der Waals surface area (Å²) in [7, 11) is 1.66. The molecule has 0 unspecified atom stereocenters. The lowest BCUT2D eigenvalue weighted by Gasteiger charge is -2.10. The molecule has 19 heavy (non-hydrogen) atoms. The summed E-state index contributed by atoms with van der Waals surface area (Å²) in [6, 6.07) is 1.80. The molecule has 0 aliphatic heterocycles. The largest absolute Gasteiger partial charge is 0.475 e. The van der Waals surface area contributed by atoms with Crippen LogP contribution in [-0.2, 0) is 9.47 Å². The number of nitrogens with one attached hydrogen (secondary N) is 1. The molecule has 0 bridgehead atoms. The van der Waals surface area contributed by atoms with Crippen LogP contribution in [0.25, 0.3) is 0 Å². The van der Waals surface area contributed by atoms with Crippen molar-refractivity contribution in [3.63, 3.8) is 0 Å². The van der Waals surface area contributed by atoms with E-state index >= 15 is 0 Å². The van der Waals surface area contributed by atoms with Crippen molar-refractivity contribution in [2.75, 3.05) is 38.8 Å². The van der Waals surface area contributed by atoms with Gasteiger partial charge in [-0.2, -0.15) is 0 Å². The Morgan fingerprint density at radius 1 is 1.21 bits per heavy atom. The minimum absolute atomic E-state index is 0.108. The molecule has 0 atom stereocenters. The molecule has 1 rings (SSSR count). The van der Waals surface area contributed by atoms with Crippen molar-refractivity contribution in [3.05, 3.63) is 12.4 Å². The molecule has 1 aromatic heterocycles. The Labute approximate surface area is 114 Å². The monoisotopic (exact) mass is 269 g/mol. The third-order valence-electron chi connectivity index (χ3n) is 2.20. The minimum atomic E-state index is 0.108. The van der Waals surface area contributed by atoms with Gasteiger partial charge < -0.3 is 19.5 Å². The molecule has 0 spiro atoms. The van der Waals surface area contributed by atoms with Gasteiger partial charge in [0.1, 0.15) is 12.1 Å². The van der Waals surface area contributed by atoms with Gasteiger partial charge in [0.25, 0.3) is 0 Å². The standard InChI is InChI=1S/C13H23N3O3/c1-11(2)19-13-9-12(15-10-16-13)14-5-4-6-18-8-7-17-3/h9-11H,4-8H2,1-3H3,(H,14,15,16). The number of nitrogens with zero attached hydrogens (tertiary/aromatic N) is 2. The number of ether oxygens (including phenoxy) is 3. The average Bonchev–Trinajstić information content (AvgIpc) is 2.37. The molecule has 0 aliphatic carbocycles. The average molecular weight is 269 g/mol. The van der Waals surface area contributed by atoms with Crippen LogP contribution >= 0.6 is 0 Å². The Morgan fingerprint density at radius 3 is 2.79 bits per heavy atom. The molecular formula is C13H23N3O3. The highest BCUT2D eigenvalue weighted by Gasteiger charge is 2.01. The first kappa shape index (κ1) is 15.7. The lowest BCUT2D eigenvalue weighted by Crippen LogP contribution is -2.10. The van der Waals surface area contributed by atoms with Gasteiger partial charge in [0.05, 0.1) is 19.3 Å². The lowest BCUT2D eigenvalue weighted by molar-refractivity contribution is 0.0705. The van der Waals surface area contributed by atoms with Gasteiger partial charge in [-0.15, -0.1) is 0 Å². The first-order chi connectivity index (χ1) is 9.22. The van der Waals surface area contributed by atoms with E-state index in [1.54, 1.807) is 13.2 Å².